The average molecular weight is 352 g/mol. The van der Waals surface area contributed by atoms with Crippen molar-refractivity contribution >= 4 is 5.91 Å². The van der Waals surface area contributed by atoms with Crippen molar-refractivity contribution in [2.75, 3.05) is 26.7 Å². The molecule has 1 aliphatic rings. The molecule has 4 nitrogen and oxygen atoms in total. The van der Waals surface area contributed by atoms with Gasteiger partial charge in [0.05, 0.1) is 7.11 Å². The summed E-state index contributed by atoms with van der Waals surface area (Å²) in [6, 6.07) is 18.4. The van der Waals surface area contributed by atoms with Gasteiger partial charge >= 0.3 is 0 Å². The van der Waals surface area contributed by atoms with Gasteiger partial charge in [0.2, 0.25) is 5.91 Å². The van der Waals surface area contributed by atoms with E-state index < -0.39 is 0 Å². The van der Waals surface area contributed by atoms with E-state index in [0.717, 1.165) is 24.4 Å². The van der Waals surface area contributed by atoms with E-state index >= 15 is 0 Å². The predicted octanol–water partition coefficient (Wildman–Crippen LogP) is 3.39. The smallest absolute Gasteiger partial charge is 0.223 e. The third kappa shape index (κ3) is 4.07. The number of hydrogen-bond acceptors (Lipinski definition) is 3. The molecule has 0 aliphatic carbocycles. The Labute approximate surface area is 156 Å². The molecule has 1 fully saturated rings. The van der Waals surface area contributed by atoms with E-state index in [4.69, 9.17) is 10.5 Å². The molecule has 1 saturated heterocycles. The van der Waals surface area contributed by atoms with Gasteiger partial charge in [-0.25, -0.2) is 0 Å². The Morgan fingerprint density at radius 2 is 1.85 bits per heavy atom. The van der Waals surface area contributed by atoms with E-state index in [9.17, 15) is 4.79 Å². The minimum Gasteiger partial charge on any atom is -0.497 e. The lowest BCUT2D eigenvalue weighted by atomic mass is 9.89. The van der Waals surface area contributed by atoms with Crippen molar-refractivity contribution in [1.82, 2.24) is 4.90 Å². The molecule has 1 unspecified atom stereocenters. The van der Waals surface area contributed by atoms with Crippen LogP contribution in [0.2, 0.25) is 0 Å². The second-order valence-corrected chi connectivity index (χ2v) is 7.19. The van der Waals surface area contributed by atoms with Crippen molar-refractivity contribution in [3.05, 3.63) is 65.7 Å². The van der Waals surface area contributed by atoms with Gasteiger partial charge in [-0.1, -0.05) is 49.4 Å². The van der Waals surface area contributed by atoms with Crippen LogP contribution in [0.15, 0.2) is 54.6 Å². The molecule has 26 heavy (non-hydrogen) atoms. The maximum atomic E-state index is 12.9. The molecular weight excluding hydrogens is 324 g/mol. The molecule has 1 aliphatic heterocycles. The fraction of sp³-hybridized carbons (Fsp3) is 0.409. The van der Waals surface area contributed by atoms with Crippen LogP contribution in [-0.2, 0) is 4.79 Å². The Balaban J connectivity index is 1.64. The van der Waals surface area contributed by atoms with Crippen LogP contribution in [0.1, 0.15) is 36.3 Å². The van der Waals surface area contributed by atoms with Gasteiger partial charge in [0.15, 0.2) is 0 Å². The van der Waals surface area contributed by atoms with Crippen molar-refractivity contribution in [3.8, 4) is 5.75 Å². The number of amides is 1. The highest BCUT2D eigenvalue weighted by atomic mass is 16.5. The molecule has 0 radical (unpaired) electrons. The number of hydrogen-bond donors (Lipinski definition) is 1. The molecular formula is C22H28N2O2. The Kier molecular flexibility index (Phi) is 5.94. The number of benzene rings is 2. The van der Waals surface area contributed by atoms with Crippen LogP contribution in [0.5, 0.6) is 5.75 Å². The summed E-state index contributed by atoms with van der Waals surface area (Å²) in [6.45, 7) is 4.23. The molecule has 2 N–H and O–H groups in total. The van der Waals surface area contributed by atoms with Crippen LogP contribution < -0.4 is 10.5 Å². The lowest BCUT2D eigenvalue weighted by Crippen LogP contribution is -2.30. The average Bonchev–Trinajstić information content (AvgIpc) is 3.13. The quantitative estimate of drug-likeness (QED) is 0.867. The van der Waals surface area contributed by atoms with E-state index in [1.807, 2.05) is 35.2 Å². The molecule has 1 amide bonds. The topological polar surface area (TPSA) is 55.6 Å². The minimum atomic E-state index is 0.181. The van der Waals surface area contributed by atoms with Gasteiger partial charge in [0.1, 0.15) is 5.75 Å². The van der Waals surface area contributed by atoms with Gasteiger partial charge in [-0.2, -0.15) is 0 Å². The number of methoxy groups -OCH3 is 1. The second kappa shape index (κ2) is 8.37. The van der Waals surface area contributed by atoms with E-state index in [1.165, 1.54) is 5.56 Å². The number of carbonyl (C=O) groups excluding carboxylic acids is 1. The maximum absolute atomic E-state index is 12.9. The van der Waals surface area contributed by atoms with E-state index in [2.05, 4.69) is 31.2 Å². The zero-order valence-corrected chi connectivity index (χ0v) is 15.6. The molecule has 0 saturated carbocycles. The first-order chi connectivity index (χ1) is 12.6. The molecule has 3 rings (SSSR count). The molecule has 1 heterocycles. The number of rotatable bonds is 6. The van der Waals surface area contributed by atoms with Crippen LogP contribution in [-0.4, -0.2) is 37.6 Å². The number of likely N-dealkylation sites (tertiary alicyclic amines) is 1. The molecule has 0 bridgehead atoms. The molecule has 2 aromatic carbocycles. The summed E-state index contributed by atoms with van der Waals surface area (Å²) in [4.78, 5) is 14.8. The summed E-state index contributed by atoms with van der Waals surface area (Å²) < 4.78 is 5.20. The van der Waals surface area contributed by atoms with Crippen LogP contribution in [0, 0.1) is 5.92 Å². The fourth-order valence-corrected chi connectivity index (χ4v) is 3.83. The van der Waals surface area contributed by atoms with Crippen molar-refractivity contribution in [2.24, 2.45) is 11.7 Å². The molecule has 138 valence electrons. The highest BCUT2D eigenvalue weighted by Gasteiger charge is 2.35. The zero-order chi connectivity index (χ0) is 18.5. The first-order valence-electron chi connectivity index (χ1n) is 9.29. The van der Waals surface area contributed by atoms with Gasteiger partial charge < -0.3 is 15.4 Å². The SMILES string of the molecule is COc1ccc(C(C)CC(=O)N2C[C@@H](CN)[C@H](c3ccccc3)C2)cc1. The highest BCUT2D eigenvalue weighted by Crippen LogP contribution is 2.33. The fourth-order valence-electron chi connectivity index (χ4n) is 3.83. The number of ether oxygens (including phenoxy) is 1. The summed E-state index contributed by atoms with van der Waals surface area (Å²) in [5, 5.41) is 0. The highest BCUT2D eigenvalue weighted by molar-refractivity contribution is 5.77. The Bertz CT molecular complexity index is 715. The first-order valence-corrected chi connectivity index (χ1v) is 9.29. The standard InChI is InChI=1S/C22H28N2O2/c1-16(17-8-10-20(26-2)11-9-17)12-22(25)24-14-19(13-23)21(15-24)18-6-4-3-5-7-18/h3-11,16,19,21H,12-15,23H2,1-2H3/t16?,19-,21+/m1/s1. The van der Waals surface area contributed by atoms with Crippen LogP contribution in [0.3, 0.4) is 0 Å². The summed E-state index contributed by atoms with van der Waals surface area (Å²) in [5.74, 6) is 1.90. The van der Waals surface area contributed by atoms with Gasteiger partial charge in [-0.3, -0.25) is 4.79 Å². The van der Waals surface area contributed by atoms with Gasteiger partial charge in [0.25, 0.3) is 0 Å². The zero-order valence-electron chi connectivity index (χ0n) is 15.6. The van der Waals surface area contributed by atoms with Gasteiger partial charge in [0, 0.05) is 25.4 Å². The van der Waals surface area contributed by atoms with E-state index in [-0.39, 0.29) is 11.8 Å². The largest absolute Gasteiger partial charge is 0.497 e. The third-order valence-electron chi connectivity index (χ3n) is 5.49. The number of carbonyl (C=O) groups is 1. The number of nitrogens with zero attached hydrogens (tertiary/aromatic N) is 1. The second-order valence-electron chi connectivity index (χ2n) is 7.19. The van der Waals surface area contributed by atoms with E-state index in [0.29, 0.717) is 24.8 Å². The summed E-state index contributed by atoms with van der Waals surface area (Å²) in [6.07, 6.45) is 0.519. The Hall–Kier alpha value is -2.33. The Morgan fingerprint density at radius 1 is 1.15 bits per heavy atom. The summed E-state index contributed by atoms with van der Waals surface area (Å²) in [5.41, 5.74) is 8.43. The minimum absolute atomic E-state index is 0.181. The van der Waals surface area contributed by atoms with Crippen molar-refractivity contribution in [3.63, 3.8) is 0 Å². The van der Waals surface area contributed by atoms with Crippen molar-refractivity contribution < 1.29 is 9.53 Å². The van der Waals surface area contributed by atoms with Crippen LogP contribution in [0.25, 0.3) is 0 Å². The van der Waals surface area contributed by atoms with Crippen molar-refractivity contribution in [1.29, 1.82) is 0 Å². The monoisotopic (exact) mass is 352 g/mol. The summed E-state index contributed by atoms with van der Waals surface area (Å²) in [7, 11) is 1.66. The lowest BCUT2D eigenvalue weighted by molar-refractivity contribution is -0.130. The van der Waals surface area contributed by atoms with E-state index in [1.54, 1.807) is 7.11 Å². The predicted molar refractivity (Wildman–Crippen MR) is 104 cm³/mol. The third-order valence-corrected chi connectivity index (χ3v) is 5.49. The first kappa shape index (κ1) is 18.5. The normalized spacial score (nSPS) is 20.8. The Morgan fingerprint density at radius 3 is 2.46 bits per heavy atom. The molecule has 0 spiro atoms. The molecule has 0 aromatic heterocycles. The summed E-state index contributed by atoms with van der Waals surface area (Å²) >= 11 is 0. The molecule has 2 aromatic rings. The number of nitrogens with two attached hydrogens (primary N) is 1. The van der Waals surface area contributed by atoms with Gasteiger partial charge in [-0.15, -0.1) is 0 Å². The lowest BCUT2D eigenvalue weighted by Gasteiger charge is -2.19. The molecule has 3 atom stereocenters. The molecule has 4 heteroatoms. The van der Waals surface area contributed by atoms with Crippen LogP contribution in [0.4, 0.5) is 0 Å². The van der Waals surface area contributed by atoms with Crippen LogP contribution >= 0.6 is 0 Å². The van der Waals surface area contributed by atoms with Crippen molar-refractivity contribution in [2.45, 2.75) is 25.2 Å². The maximum Gasteiger partial charge on any atom is 0.223 e. The van der Waals surface area contributed by atoms with Gasteiger partial charge in [-0.05, 0) is 41.6 Å².